The molecule has 1 aromatic carbocycles. The van der Waals surface area contributed by atoms with E-state index in [9.17, 15) is 8.42 Å². The molecule has 0 amide bonds. The van der Waals surface area contributed by atoms with Crippen LogP contribution in [-0.4, -0.2) is 62.1 Å². The summed E-state index contributed by atoms with van der Waals surface area (Å²) >= 11 is 1.22. The Balaban J connectivity index is 2.47. The van der Waals surface area contributed by atoms with Crippen molar-refractivity contribution in [3.05, 3.63) is 53.9 Å². The Morgan fingerprint density at radius 3 is 2.12 bits per heavy atom. The Hall–Kier alpha value is -2.83. The zero-order chi connectivity index (χ0) is 36.5. The number of azo groups is 1. The molecule has 0 aliphatic carbocycles. The van der Waals surface area contributed by atoms with E-state index in [1.54, 1.807) is 0 Å². The number of hydrogen-bond acceptors (Lipinski definition) is 10. The van der Waals surface area contributed by atoms with Crippen LogP contribution in [0.2, 0.25) is 0 Å². The normalized spacial score (nSPS) is 13.9. The molecule has 1 N–H and O–H groups in total. The molecule has 0 aliphatic rings. The van der Waals surface area contributed by atoms with Crippen LogP contribution in [0.5, 0.6) is 10.9 Å². The molecule has 2 rings (SSSR count). The molecule has 0 fully saturated rings. The molecule has 2 unspecified atom stereocenters. The summed E-state index contributed by atoms with van der Waals surface area (Å²) in [4.78, 5) is 2.47. The highest BCUT2D eigenvalue weighted by Crippen LogP contribution is 2.30. The topological polar surface area (TPSA) is 118 Å². The van der Waals surface area contributed by atoms with Crippen molar-refractivity contribution in [2.45, 2.75) is 119 Å². The standard InChI is InChI=1S/C38H64N6O4S2/c1-7-13-20-32(11-5)30-44(31-33(12-6)21-14-8-2)35(24-27-40-50(45,46)29-16-10-4)36(47-28-15-9-3)25-26-39-41-37-42-43-38(49-37)48-34-22-18-17-19-23-34/h17-19,22-25,32-33,40H,7-16,20-21,26-31H2,1-6H3/b35-24+,36-25+,41-39?. The van der Waals surface area contributed by atoms with Gasteiger partial charge in [0.25, 0.3) is 5.13 Å². The van der Waals surface area contributed by atoms with Gasteiger partial charge in [-0.05, 0) is 73.1 Å². The largest absolute Gasteiger partial charge is 0.492 e. The summed E-state index contributed by atoms with van der Waals surface area (Å²) in [5.74, 6) is 2.56. The summed E-state index contributed by atoms with van der Waals surface area (Å²) < 4.78 is 40.7. The first kappa shape index (κ1) is 43.3. The van der Waals surface area contributed by atoms with Gasteiger partial charge in [0.2, 0.25) is 10.0 Å². The molecular formula is C38H64N6O4S2. The number of sulfonamides is 1. The van der Waals surface area contributed by atoms with E-state index in [0.717, 1.165) is 76.6 Å². The monoisotopic (exact) mass is 732 g/mol. The Labute approximate surface area is 307 Å². The van der Waals surface area contributed by atoms with Crippen LogP contribution in [0.15, 0.2) is 64.2 Å². The number of para-hydroxylation sites is 1. The lowest BCUT2D eigenvalue weighted by Crippen LogP contribution is -2.35. The summed E-state index contributed by atoms with van der Waals surface area (Å²) in [6.07, 6.45) is 16.5. The minimum atomic E-state index is -3.39. The lowest BCUT2D eigenvalue weighted by Gasteiger charge is -2.35. The molecule has 1 heterocycles. The highest BCUT2D eigenvalue weighted by Gasteiger charge is 2.23. The molecule has 10 nitrogen and oxygen atoms in total. The molecule has 0 saturated carbocycles. The Morgan fingerprint density at radius 2 is 1.52 bits per heavy atom. The predicted octanol–water partition coefficient (Wildman–Crippen LogP) is 10.5. The van der Waals surface area contributed by atoms with Crippen LogP contribution < -0.4 is 9.46 Å². The van der Waals surface area contributed by atoms with E-state index >= 15 is 0 Å². The van der Waals surface area contributed by atoms with Gasteiger partial charge in [-0.1, -0.05) is 116 Å². The van der Waals surface area contributed by atoms with Crippen LogP contribution in [-0.2, 0) is 14.8 Å². The molecule has 2 atom stereocenters. The summed E-state index contributed by atoms with van der Waals surface area (Å²) in [5, 5.41) is 17.8. The van der Waals surface area contributed by atoms with Crippen molar-refractivity contribution < 1.29 is 17.9 Å². The fourth-order valence-electron chi connectivity index (χ4n) is 5.45. The average Bonchev–Trinajstić information content (AvgIpc) is 3.57. The molecule has 0 saturated heterocycles. The van der Waals surface area contributed by atoms with Crippen molar-refractivity contribution in [2.75, 3.05) is 38.5 Å². The molecule has 50 heavy (non-hydrogen) atoms. The Bertz CT molecular complexity index is 1350. The van der Waals surface area contributed by atoms with Gasteiger partial charge in [0.05, 0.1) is 24.6 Å². The molecule has 0 aliphatic heterocycles. The zero-order valence-corrected chi connectivity index (χ0v) is 33.2. The molecule has 282 valence electrons. The quantitative estimate of drug-likeness (QED) is 0.0383. The molecule has 2 aromatic rings. The van der Waals surface area contributed by atoms with Crippen molar-refractivity contribution in [3.63, 3.8) is 0 Å². The second-order valence-electron chi connectivity index (χ2n) is 12.8. The second-order valence-corrected chi connectivity index (χ2v) is 15.7. The van der Waals surface area contributed by atoms with Crippen molar-refractivity contribution >= 4 is 26.5 Å². The van der Waals surface area contributed by atoms with Crippen LogP contribution in [0.25, 0.3) is 0 Å². The zero-order valence-electron chi connectivity index (χ0n) is 31.6. The van der Waals surface area contributed by atoms with E-state index in [2.05, 4.69) is 64.7 Å². The first-order chi connectivity index (χ1) is 24.3. The van der Waals surface area contributed by atoms with Gasteiger partial charge in [0.15, 0.2) is 0 Å². The third-order valence-electron chi connectivity index (χ3n) is 8.62. The van der Waals surface area contributed by atoms with E-state index in [1.807, 2.05) is 49.4 Å². The minimum absolute atomic E-state index is 0.125. The van der Waals surface area contributed by atoms with Gasteiger partial charge >= 0.3 is 5.19 Å². The number of aromatic nitrogens is 2. The molecule has 1 aromatic heterocycles. The van der Waals surface area contributed by atoms with Crippen LogP contribution in [0.1, 0.15) is 119 Å². The third-order valence-corrected chi connectivity index (χ3v) is 10.7. The van der Waals surface area contributed by atoms with Crippen molar-refractivity contribution in [1.29, 1.82) is 0 Å². The number of nitrogens with one attached hydrogen (secondary N) is 1. The molecule has 12 heteroatoms. The average molecular weight is 733 g/mol. The molecule has 0 spiro atoms. The van der Waals surface area contributed by atoms with Crippen molar-refractivity contribution in [3.8, 4) is 10.9 Å². The summed E-state index contributed by atoms with van der Waals surface area (Å²) in [5.41, 5.74) is 0.925. The lowest BCUT2D eigenvalue weighted by molar-refractivity contribution is 0.170. The van der Waals surface area contributed by atoms with Crippen molar-refractivity contribution in [2.24, 2.45) is 22.1 Å². The van der Waals surface area contributed by atoms with Crippen molar-refractivity contribution in [1.82, 2.24) is 19.8 Å². The number of benzene rings is 1. The van der Waals surface area contributed by atoms with E-state index in [1.165, 1.54) is 24.2 Å². The maximum Gasteiger partial charge on any atom is 0.301 e. The minimum Gasteiger partial charge on any atom is -0.492 e. The smallest absolute Gasteiger partial charge is 0.301 e. The highest BCUT2D eigenvalue weighted by atomic mass is 32.2. The van der Waals surface area contributed by atoms with Gasteiger partial charge < -0.3 is 14.4 Å². The van der Waals surface area contributed by atoms with Crippen LogP contribution in [0, 0.1) is 11.8 Å². The fraction of sp³-hybridized carbons (Fsp3) is 0.684. The van der Waals surface area contributed by atoms with Gasteiger partial charge in [0.1, 0.15) is 11.5 Å². The fourth-order valence-corrected chi connectivity index (χ4v) is 7.16. The number of ether oxygens (including phenoxy) is 2. The number of rotatable bonds is 29. The summed E-state index contributed by atoms with van der Waals surface area (Å²) in [6, 6.07) is 9.44. The highest BCUT2D eigenvalue weighted by molar-refractivity contribution is 7.89. The summed E-state index contributed by atoms with van der Waals surface area (Å²) in [7, 11) is -3.39. The third kappa shape index (κ3) is 17.9. The van der Waals surface area contributed by atoms with Crippen LogP contribution in [0.4, 0.5) is 5.13 Å². The maximum absolute atomic E-state index is 12.8. The SMILES string of the molecule is CCCCOC(=C/CN=Nc1nnc(Oc2ccccc2)s1)/C(=C\CNS(=O)(=O)CCCC)N(CC(CC)CCCC)CC(CC)CCCC. The first-order valence-electron chi connectivity index (χ1n) is 19.0. The first-order valence-corrected chi connectivity index (χ1v) is 21.4. The van der Waals surface area contributed by atoms with E-state index in [-0.39, 0.29) is 18.8 Å². The van der Waals surface area contributed by atoms with Gasteiger partial charge in [-0.15, -0.1) is 10.2 Å². The Kier molecular flexibility index (Phi) is 22.6. The summed E-state index contributed by atoms with van der Waals surface area (Å²) in [6.45, 7) is 16.0. The van der Waals surface area contributed by atoms with Crippen LogP contribution >= 0.6 is 11.3 Å². The van der Waals surface area contributed by atoms with Crippen LogP contribution in [0.3, 0.4) is 0 Å². The molecule has 0 bridgehead atoms. The maximum atomic E-state index is 12.8. The van der Waals surface area contributed by atoms with E-state index < -0.39 is 10.0 Å². The van der Waals surface area contributed by atoms with E-state index in [4.69, 9.17) is 9.47 Å². The predicted molar refractivity (Wildman–Crippen MR) is 208 cm³/mol. The van der Waals surface area contributed by atoms with Gasteiger partial charge in [-0.2, -0.15) is 5.11 Å². The number of nitrogens with zero attached hydrogens (tertiary/aromatic N) is 5. The molecule has 0 radical (unpaired) electrons. The Morgan fingerprint density at radius 1 is 0.880 bits per heavy atom. The van der Waals surface area contributed by atoms with Gasteiger partial charge in [-0.3, -0.25) is 0 Å². The van der Waals surface area contributed by atoms with Gasteiger partial charge in [0, 0.05) is 19.6 Å². The lowest BCUT2D eigenvalue weighted by atomic mass is 9.95. The number of unbranched alkanes of at least 4 members (excludes halogenated alkanes) is 4. The molecular weight excluding hydrogens is 669 g/mol. The second kappa shape index (κ2) is 26.0. The number of hydrogen-bond donors (Lipinski definition) is 1. The van der Waals surface area contributed by atoms with E-state index in [0.29, 0.717) is 46.7 Å². The van der Waals surface area contributed by atoms with Gasteiger partial charge in [-0.25, -0.2) is 13.1 Å².